The van der Waals surface area contributed by atoms with Crippen LogP contribution in [0.3, 0.4) is 0 Å². The molecule has 0 saturated carbocycles. The van der Waals surface area contributed by atoms with Crippen LogP contribution in [0.5, 0.6) is 0 Å². The lowest BCUT2D eigenvalue weighted by Crippen LogP contribution is -2.10. The van der Waals surface area contributed by atoms with Gasteiger partial charge in [-0.25, -0.2) is 13.2 Å². The normalized spacial score (nSPS) is 11.4. The first kappa shape index (κ1) is 13.6. The number of carboxylic acid groups (broad SMARTS) is 1. The number of rotatable bonds is 5. The highest BCUT2D eigenvalue weighted by Crippen LogP contribution is 2.23. The number of hydrogen-bond acceptors (Lipinski definition) is 5. The molecule has 0 aliphatic carbocycles. The zero-order chi connectivity index (χ0) is 14.0. The molecular formula is C10H11N3O4S2. The molecule has 102 valence electrons. The summed E-state index contributed by atoms with van der Waals surface area (Å²) in [5, 5.41) is 12.7. The van der Waals surface area contributed by atoms with Crippen LogP contribution in [0.2, 0.25) is 0 Å². The van der Waals surface area contributed by atoms with Gasteiger partial charge >= 0.3 is 5.97 Å². The number of nitrogens with zero attached hydrogens (tertiary/aromatic N) is 2. The van der Waals surface area contributed by atoms with Crippen LogP contribution >= 0.6 is 11.3 Å². The van der Waals surface area contributed by atoms with Crippen LogP contribution in [0.4, 0.5) is 5.69 Å². The van der Waals surface area contributed by atoms with Crippen molar-refractivity contribution in [3.63, 3.8) is 0 Å². The molecule has 0 saturated heterocycles. The monoisotopic (exact) mass is 301 g/mol. The van der Waals surface area contributed by atoms with Crippen molar-refractivity contribution in [1.82, 2.24) is 9.78 Å². The van der Waals surface area contributed by atoms with E-state index in [-0.39, 0.29) is 9.09 Å². The second kappa shape index (κ2) is 5.02. The Kier molecular flexibility index (Phi) is 3.58. The van der Waals surface area contributed by atoms with E-state index >= 15 is 0 Å². The van der Waals surface area contributed by atoms with Crippen LogP contribution in [0.1, 0.15) is 16.6 Å². The van der Waals surface area contributed by atoms with Crippen LogP contribution in [0.25, 0.3) is 0 Å². The number of sulfonamides is 1. The highest BCUT2D eigenvalue weighted by Gasteiger charge is 2.19. The smallest absolute Gasteiger partial charge is 0.345 e. The average Bonchev–Trinajstić information content (AvgIpc) is 2.95. The molecule has 7 nitrogen and oxygen atoms in total. The summed E-state index contributed by atoms with van der Waals surface area (Å²) < 4.78 is 27.9. The van der Waals surface area contributed by atoms with Crippen LogP contribution in [-0.4, -0.2) is 29.3 Å². The summed E-state index contributed by atoms with van der Waals surface area (Å²) in [6.45, 7) is 2.51. The lowest BCUT2D eigenvalue weighted by Gasteiger charge is -2.02. The average molecular weight is 301 g/mol. The van der Waals surface area contributed by atoms with Crippen molar-refractivity contribution in [1.29, 1.82) is 0 Å². The Morgan fingerprint density at radius 1 is 1.53 bits per heavy atom. The molecule has 0 amide bonds. The van der Waals surface area contributed by atoms with E-state index < -0.39 is 16.0 Å². The molecule has 0 radical (unpaired) electrons. The van der Waals surface area contributed by atoms with Gasteiger partial charge in [0.2, 0.25) is 0 Å². The summed E-state index contributed by atoms with van der Waals surface area (Å²) in [6, 6.07) is 2.53. The molecule has 2 aromatic heterocycles. The van der Waals surface area contributed by atoms with E-state index in [2.05, 4.69) is 9.82 Å². The van der Waals surface area contributed by atoms with E-state index in [9.17, 15) is 13.2 Å². The molecule has 0 aromatic carbocycles. The fourth-order valence-corrected chi connectivity index (χ4v) is 3.55. The van der Waals surface area contributed by atoms with Gasteiger partial charge in [0, 0.05) is 12.7 Å². The molecule has 2 aromatic rings. The van der Waals surface area contributed by atoms with E-state index in [1.807, 2.05) is 6.92 Å². The van der Waals surface area contributed by atoms with Gasteiger partial charge in [-0.2, -0.15) is 5.10 Å². The van der Waals surface area contributed by atoms with Gasteiger partial charge in [0.1, 0.15) is 9.09 Å². The summed E-state index contributed by atoms with van der Waals surface area (Å²) in [5.41, 5.74) is 0.340. The van der Waals surface area contributed by atoms with Gasteiger partial charge in [0.25, 0.3) is 10.0 Å². The van der Waals surface area contributed by atoms with Crippen molar-refractivity contribution in [2.75, 3.05) is 4.72 Å². The van der Waals surface area contributed by atoms with Gasteiger partial charge in [-0.3, -0.25) is 9.40 Å². The molecule has 0 bridgehead atoms. The minimum atomic E-state index is -3.77. The maximum atomic E-state index is 12.0. The Bertz CT molecular complexity index is 702. The number of carboxylic acids is 1. The summed E-state index contributed by atoms with van der Waals surface area (Å²) in [5.74, 6) is -1.15. The van der Waals surface area contributed by atoms with E-state index in [4.69, 9.17) is 5.11 Å². The second-order valence-corrected chi connectivity index (χ2v) is 6.61. The molecule has 0 atom stereocenters. The number of nitrogens with one attached hydrogen (secondary N) is 1. The van der Waals surface area contributed by atoms with Crippen molar-refractivity contribution >= 4 is 33.0 Å². The fraction of sp³-hybridized carbons (Fsp3) is 0.200. The molecule has 0 aliphatic rings. The molecule has 2 N–H and O–H groups in total. The zero-order valence-electron chi connectivity index (χ0n) is 9.90. The SMILES string of the molecule is CCn1cc(NS(=O)(=O)c2ccc(C(=O)O)s2)cn1. The Labute approximate surface area is 113 Å². The number of carbonyl (C=O) groups is 1. The molecule has 0 unspecified atom stereocenters. The molecule has 2 rings (SSSR count). The summed E-state index contributed by atoms with van der Waals surface area (Å²) in [6.07, 6.45) is 2.95. The third-order valence-corrected chi connectivity index (χ3v) is 5.21. The van der Waals surface area contributed by atoms with Crippen molar-refractivity contribution in [2.24, 2.45) is 0 Å². The molecule has 2 heterocycles. The number of aromatic nitrogens is 2. The van der Waals surface area contributed by atoms with Crippen LogP contribution in [0, 0.1) is 0 Å². The largest absolute Gasteiger partial charge is 0.477 e. The van der Waals surface area contributed by atoms with Crippen molar-refractivity contribution in [3.8, 4) is 0 Å². The first-order valence-electron chi connectivity index (χ1n) is 5.31. The summed E-state index contributed by atoms with van der Waals surface area (Å²) in [4.78, 5) is 10.7. The van der Waals surface area contributed by atoms with Gasteiger partial charge in [0.05, 0.1) is 11.9 Å². The predicted octanol–water partition coefficient (Wildman–Crippen LogP) is 1.46. The van der Waals surface area contributed by atoms with Crippen molar-refractivity contribution in [2.45, 2.75) is 17.7 Å². The molecule has 0 aliphatic heterocycles. The lowest BCUT2D eigenvalue weighted by atomic mass is 10.5. The standard InChI is InChI=1S/C10H11N3O4S2/c1-2-13-6-7(5-11-13)12-19(16,17)9-4-3-8(18-9)10(14)15/h3-6,12H,2H2,1H3,(H,14,15). The highest BCUT2D eigenvalue weighted by atomic mass is 32.2. The topological polar surface area (TPSA) is 101 Å². The molecular weight excluding hydrogens is 290 g/mol. The molecule has 0 spiro atoms. The minimum absolute atomic E-state index is 0.0235. The van der Waals surface area contributed by atoms with Crippen LogP contribution in [0.15, 0.2) is 28.7 Å². The van der Waals surface area contributed by atoms with E-state index in [1.54, 1.807) is 10.9 Å². The van der Waals surface area contributed by atoms with E-state index in [0.717, 1.165) is 0 Å². The van der Waals surface area contributed by atoms with Gasteiger partial charge in [-0.15, -0.1) is 11.3 Å². The van der Waals surface area contributed by atoms with Crippen LogP contribution in [-0.2, 0) is 16.6 Å². The van der Waals surface area contributed by atoms with Gasteiger partial charge in [0.15, 0.2) is 0 Å². The van der Waals surface area contributed by atoms with E-state index in [0.29, 0.717) is 23.6 Å². The number of thiophene rings is 1. The maximum absolute atomic E-state index is 12.0. The Balaban J connectivity index is 2.24. The molecule has 9 heteroatoms. The number of hydrogen-bond donors (Lipinski definition) is 2. The van der Waals surface area contributed by atoms with Crippen LogP contribution < -0.4 is 4.72 Å². The Morgan fingerprint density at radius 2 is 2.26 bits per heavy atom. The highest BCUT2D eigenvalue weighted by molar-refractivity contribution is 7.94. The second-order valence-electron chi connectivity index (χ2n) is 3.61. The quantitative estimate of drug-likeness (QED) is 0.870. The Morgan fingerprint density at radius 3 is 2.79 bits per heavy atom. The Hall–Kier alpha value is -1.87. The minimum Gasteiger partial charge on any atom is -0.477 e. The number of anilines is 1. The van der Waals surface area contributed by atoms with Gasteiger partial charge in [-0.05, 0) is 19.1 Å². The van der Waals surface area contributed by atoms with E-state index in [1.165, 1.54) is 18.3 Å². The first-order valence-corrected chi connectivity index (χ1v) is 7.60. The van der Waals surface area contributed by atoms with Gasteiger partial charge in [-0.1, -0.05) is 0 Å². The van der Waals surface area contributed by atoms with Crippen molar-refractivity contribution < 1.29 is 18.3 Å². The maximum Gasteiger partial charge on any atom is 0.345 e. The molecule has 0 fully saturated rings. The number of aromatic carboxylic acids is 1. The zero-order valence-corrected chi connectivity index (χ0v) is 11.5. The summed E-state index contributed by atoms with van der Waals surface area (Å²) in [7, 11) is -3.77. The third-order valence-electron chi connectivity index (χ3n) is 2.27. The fourth-order valence-electron chi connectivity index (χ4n) is 1.37. The van der Waals surface area contributed by atoms with Gasteiger partial charge < -0.3 is 5.11 Å². The predicted molar refractivity (Wildman–Crippen MR) is 70.0 cm³/mol. The first-order chi connectivity index (χ1) is 8.92. The third kappa shape index (κ3) is 2.93. The van der Waals surface area contributed by atoms with Crippen molar-refractivity contribution in [3.05, 3.63) is 29.4 Å². The molecule has 19 heavy (non-hydrogen) atoms. The lowest BCUT2D eigenvalue weighted by molar-refractivity contribution is 0.0702. The summed E-state index contributed by atoms with van der Waals surface area (Å²) >= 11 is 0.703. The number of aryl methyl sites for hydroxylation is 1.